The summed E-state index contributed by atoms with van der Waals surface area (Å²) in [6, 6.07) is 11.0. The molecule has 1 aromatic heterocycles. The van der Waals surface area contributed by atoms with E-state index in [4.69, 9.17) is 10.5 Å². The molecule has 1 amide bonds. The number of nitrogens with zero attached hydrogens (tertiary/aromatic N) is 1. The number of carbonyl (C=O) groups is 1. The van der Waals surface area contributed by atoms with Crippen molar-refractivity contribution in [1.29, 1.82) is 0 Å². The van der Waals surface area contributed by atoms with Gasteiger partial charge in [0.25, 0.3) is 5.91 Å². The Kier molecular flexibility index (Phi) is 6.38. The smallest absolute Gasteiger partial charge is 0.255 e. The average Bonchev–Trinajstić information content (AvgIpc) is 2.59. The molecule has 0 atom stereocenters. The highest BCUT2D eigenvalue weighted by molar-refractivity contribution is 5.99. The van der Waals surface area contributed by atoms with Crippen LogP contribution in [0.5, 0.6) is 5.75 Å². The van der Waals surface area contributed by atoms with Gasteiger partial charge in [0.15, 0.2) is 0 Å². The Labute approximate surface area is 136 Å². The first kappa shape index (κ1) is 16.8. The fraction of sp³-hybridized carbons (Fsp3) is 0.294. The minimum Gasteiger partial charge on any atom is -0.495 e. The van der Waals surface area contributed by atoms with Crippen molar-refractivity contribution < 1.29 is 9.53 Å². The Balaban J connectivity index is 2.12. The second-order valence-electron chi connectivity index (χ2n) is 4.98. The van der Waals surface area contributed by atoms with E-state index >= 15 is 0 Å². The normalized spacial score (nSPS) is 10.2. The van der Waals surface area contributed by atoms with Crippen molar-refractivity contribution in [1.82, 2.24) is 10.3 Å². The zero-order valence-electron chi connectivity index (χ0n) is 13.2. The minimum atomic E-state index is -0.160. The van der Waals surface area contributed by atoms with E-state index in [-0.39, 0.29) is 5.91 Å². The first-order valence-corrected chi connectivity index (χ1v) is 7.59. The van der Waals surface area contributed by atoms with Gasteiger partial charge in [-0.05, 0) is 43.7 Å². The van der Waals surface area contributed by atoms with Crippen LogP contribution >= 0.6 is 0 Å². The van der Waals surface area contributed by atoms with Crippen LogP contribution in [0.2, 0.25) is 0 Å². The van der Waals surface area contributed by atoms with Crippen LogP contribution in [-0.2, 0) is 0 Å². The van der Waals surface area contributed by atoms with Crippen molar-refractivity contribution in [3.8, 4) is 5.75 Å². The van der Waals surface area contributed by atoms with Gasteiger partial charge < -0.3 is 21.1 Å². The number of ether oxygens (including phenoxy) is 1. The Morgan fingerprint density at radius 2 is 2.04 bits per heavy atom. The van der Waals surface area contributed by atoms with Gasteiger partial charge in [0, 0.05) is 12.7 Å². The zero-order valence-corrected chi connectivity index (χ0v) is 13.2. The number of aromatic nitrogens is 1. The highest BCUT2D eigenvalue weighted by Gasteiger charge is 2.13. The molecule has 0 aliphatic heterocycles. The van der Waals surface area contributed by atoms with Crippen LogP contribution in [0.15, 0.2) is 42.6 Å². The largest absolute Gasteiger partial charge is 0.495 e. The number of benzene rings is 1. The fourth-order valence-corrected chi connectivity index (χ4v) is 2.13. The Morgan fingerprint density at radius 3 is 2.83 bits per heavy atom. The lowest BCUT2D eigenvalue weighted by atomic mass is 10.2. The zero-order chi connectivity index (χ0) is 16.5. The molecule has 0 spiro atoms. The van der Waals surface area contributed by atoms with Crippen molar-refractivity contribution in [2.24, 2.45) is 5.73 Å². The van der Waals surface area contributed by atoms with Crippen molar-refractivity contribution in [3.63, 3.8) is 0 Å². The maximum Gasteiger partial charge on any atom is 0.255 e. The van der Waals surface area contributed by atoms with Crippen molar-refractivity contribution in [2.75, 3.05) is 25.5 Å². The van der Waals surface area contributed by atoms with E-state index in [1.807, 2.05) is 24.3 Å². The molecule has 4 N–H and O–H groups in total. The molecule has 0 aliphatic rings. The number of para-hydroxylation sites is 2. The van der Waals surface area contributed by atoms with E-state index in [1.165, 1.54) is 0 Å². The SMILES string of the molecule is COc1ccccc1Nc1ncccc1C(=O)NCCCCN. The third-order valence-corrected chi connectivity index (χ3v) is 3.33. The molecule has 0 fully saturated rings. The molecule has 0 aliphatic carbocycles. The van der Waals surface area contributed by atoms with Crippen LogP contribution < -0.4 is 21.1 Å². The molecular formula is C17H22N4O2. The van der Waals surface area contributed by atoms with Gasteiger partial charge >= 0.3 is 0 Å². The highest BCUT2D eigenvalue weighted by atomic mass is 16.5. The van der Waals surface area contributed by atoms with Gasteiger partial charge in [0.1, 0.15) is 11.6 Å². The van der Waals surface area contributed by atoms with E-state index < -0.39 is 0 Å². The van der Waals surface area contributed by atoms with Crippen LogP contribution in [0, 0.1) is 0 Å². The van der Waals surface area contributed by atoms with Gasteiger partial charge in [-0.15, -0.1) is 0 Å². The third-order valence-electron chi connectivity index (χ3n) is 3.33. The lowest BCUT2D eigenvalue weighted by Gasteiger charge is -2.13. The Bertz CT molecular complexity index is 646. The number of carbonyl (C=O) groups excluding carboxylic acids is 1. The summed E-state index contributed by atoms with van der Waals surface area (Å²) < 4.78 is 5.31. The molecule has 1 heterocycles. The van der Waals surface area contributed by atoms with Crippen molar-refractivity contribution in [2.45, 2.75) is 12.8 Å². The summed E-state index contributed by atoms with van der Waals surface area (Å²) in [5.74, 6) is 1.02. The number of rotatable bonds is 8. The Morgan fingerprint density at radius 1 is 1.22 bits per heavy atom. The molecule has 23 heavy (non-hydrogen) atoms. The average molecular weight is 314 g/mol. The van der Waals surface area contributed by atoms with Gasteiger partial charge in [-0.3, -0.25) is 4.79 Å². The molecule has 0 saturated heterocycles. The first-order valence-electron chi connectivity index (χ1n) is 7.59. The van der Waals surface area contributed by atoms with Crippen LogP contribution in [0.25, 0.3) is 0 Å². The van der Waals surface area contributed by atoms with Crippen LogP contribution in [-0.4, -0.2) is 31.1 Å². The molecule has 122 valence electrons. The summed E-state index contributed by atoms with van der Waals surface area (Å²) in [5, 5.41) is 6.04. The van der Waals surface area contributed by atoms with Gasteiger partial charge in [-0.25, -0.2) is 4.98 Å². The molecule has 0 unspecified atom stereocenters. The van der Waals surface area contributed by atoms with Crippen LogP contribution in [0.3, 0.4) is 0 Å². The van der Waals surface area contributed by atoms with Gasteiger partial charge in [-0.1, -0.05) is 12.1 Å². The van der Waals surface area contributed by atoms with Gasteiger partial charge in [0.05, 0.1) is 18.4 Å². The number of methoxy groups -OCH3 is 1. The first-order chi connectivity index (χ1) is 11.3. The molecule has 1 aromatic carbocycles. The molecule has 2 aromatic rings. The summed E-state index contributed by atoms with van der Waals surface area (Å²) in [6.07, 6.45) is 3.39. The molecule has 0 radical (unpaired) electrons. The summed E-state index contributed by atoms with van der Waals surface area (Å²) in [4.78, 5) is 16.6. The van der Waals surface area contributed by atoms with Gasteiger partial charge in [-0.2, -0.15) is 0 Å². The second-order valence-corrected chi connectivity index (χ2v) is 4.98. The van der Waals surface area contributed by atoms with E-state index in [9.17, 15) is 4.79 Å². The van der Waals surface area contributed by atoms with Crippen molar-refractivity contribution in [3.05, 3.63) is 48.2 Å². The molecule has 6 nitrogen and oxygen atoms in total. The molecular weight excluding hydrogens is 292 g/mol. The van der Waals surface area contributed by atoms with Crippen molar-refractivity contribution >= 4 is 17.4 Å². The van der Waals surface area contributed by atoms with E-state index in [0.717, 1.165) is 18.5 Å². The second kappa shape index (κ2) is 8.75. The maximum absolute atomic E-state index is 12.3. The standard InChI is InChI=1S/C17H22N4O2/c1-23-15-9-3-2-8-14(15)21-16-13(7-6-12-19-16)17(22)20-11-5-4-10-18/h2-3,6-9,12H,4-5,10-11,18H2,1H3,(H,19,21)(H,20,22). The number of pyridine rings is 1. The predicted octanol–water partition coefficient (Wildman–Crippen LogP) is 2.30. The maximum atomic E-state index is 12.3. The topological polar surface area (TPSA) is 89.3 Å². The molecule has 0 saturated carbocycles. The number of anilines is 2. The highest BCUT2D eigenvalue weighted by Crippen LogP contribution is 2.27. The monoisotopic (exact) mass is 314 g/mol. The lowest BCUT2D eigenvalue weighted by molar-refractivity contribution is 0.0953. The van der Waals surface area contributed by atoms with E-state index in [1.54, 1.807) is 25.4 Å². The predicted molar refractivity (Wildman–Crippen MR) is 91.1 cm³/mol. The number of hydrogen-bond acceptors (Lipinski definition) is 5. The third kappa shape index (κ3) is 4.69. The Hall–Kier alpha value is -2.60. The number of nitrogens with one attached hydrogen (secondary N) is 2. The number of unbranched alkanes of at least 4 members (excludes halogenated alkanes) is 1. The number of nitrogens with two attached hydrogens (primary N) is 1. The number of amides is 1. The summed E-state index contributed by atoms with van der Waals surface area (Å²) in [5.41, 5.74) is 6.70. The molecule has 2 rings (SSSR count). The van der Waals surface area contributed by atoms with E-state index in [2.05, 4.69) is 15.6 Å². The van der Waals surface area contributed by atoms with Gasteiger partial charge in [0.2, 0.25) is 0 Å². The van der Waals surface area contributed by atoms with Crippen LogP contribution in [0.4, 0.5) is 11.5 Å². The summed E-state index contributed by atoms with van der Waals surface area (Å²) in [6.45, 7) is 1.22. The number of hydrogen-bond donors (Lipinski definition) is 3. The van der Waals surface area contributed by atoms with Crippen LogP contribution in [0.1, 0.15) is 23.2 Å². The fourth-order valence-electron chi connectivity index (χ4n) is 2.13. The summed E-state index contributed by atoms with van der Waals surface area (Å²) >= 11 is 0. The quantitative estimate of drug-likeness (QED) is 0.651. The molecule has 0 bridgehead atoms. The van der Waals surface area contributed by atoms with E-state index in [0.29, 0.717) is 30.2 Å². The summed E-state index contributed by atoms with van der Waals surface area (Å²) in [7, 11) is 1.60. The lowest BCUT2D eigenvalue weighted by Crippen LogP contribution is -2.25. The molecule has 6 heteroatoms. The minimum absolute atomic E-state index is 0.160.